The molecule has 3 aromatic carbocycles. The van der Waals surface area contributed by atoms with Gasteiger partial charge in [0.25, 0.3) is 0 Å². The highest BCUT2D eigenvalue weighted by atomic mass is 32.2. The van der Waals surface area contributed by atoms with Gasteiger partial charge in [-0.05, 0) is 88.1 Å². The minimum absolute atomic E-state index is 0.00947. The molecule has 0 bridgehead atoms. The fourth-order valence-electron chi connectivity index (χ4n) is 6.72. The minimum atomic E-state index is -4.61. The van der Waals surface area contributed by atoms with Gasteiger partial charge in [0.1, 0.15) is 15.8 Å². The fourth-order valence-corrected chi connectivity index (χ4v) is 7.21. The molecule has 1 aliphatic carbocycles. The van der Waals surface area contributed by atoms with Crippen LogP contribution >= 0.6 is 0 Å². The van der Waals surface area contributed by atoms with Crippen LogP contribution in [0.15, 0.2) is 101 Å². The number of hydrogen-bond acceptors (Lipinski definition) is 6. The molecule has 2 heterocycles. The summed E-state index contributed by atoms with van der Waals surface area (Å²) in [6.07, 6.45) is 0.337. The molecule has 0 atom stereocenters. The third-order valence-electron chi connectivity index (χ3n) is 9.84. The largest absolute Gasteiger partial charge is 0.744 e. The van der Waals surface area contributed by atoms with E-state index in [4.69, 9.17) is 6.57 Å². The van der Waals surface area contributed by atoms with E-state index in [1.165, 1.54) is 47.3 Å². The van der Waals surface area contributed by atoms with Crippen molar-refractivity contribution in [2.45, 2.75) is 56.6 Å². The number of aromatic nitrogens is 4. The van der Waals surface area contributed by atoms with Crippen LogP contribution in [0.1, 0.15) is 43.9 Å². The summed E-state index contributed by atoms with van der Waals surface area (Å²) < 4.78 is 76.3. The zero-order chi connectivity index (χ0) is 40.1. The van der Waals surface area contributed by atoms with Gasteiger partial charge < -0.3 is 14.4 Å². The van der Waals surface area contributed by atoms with Crippen molar-refractivity contribution in [3.8, 4) is 22.8 Å². The lowest BCUT2D eigenvalue weighted by atomic mass is 9.85. The van der Waals surface area contributed by atoms with Gasteiger partial charge in [0, 0.05) is 12.0 Å². The summed E-state index contributed by atoms with van der Waals surface area (Å²) >= 11 is 0. The SMILES string of the molecule is O=S(=O)([O-])c1ccccc1.[C-]#[N+]c1ccc(-n2nccc2-c2c(C)n(-c3cccc(C(F)(F)F)c3)c(=O)n2C(=O)NC2CCC(C[N+](C)(C)CC)CC2)cc1. The first-order chi connectivity index (χ1) is 25.9. The van der Waals surface area contributed by atoms with Crippen LogP contribution in [-0.2, 0) is 16.3 Å². The molecule has 0 aliphatic heterocycles. The number of quaternary nitrogens is 1. The van der Waals surface area contributed by atoms with Gasteiger partial charge in [-0.25, -0.2) is 32.1 Å². The molecule has 0 unspecified atom stereocenters. The van der Waals surface area contributed by atoms with E-state index in [1.54, 1.807) is 43.3 Å². The van der Waals surface area contributed by atoms with E-state index in [-0.39, 0.29) is 28.0 Å². The van der Waals surface area contributed by atoms with Crippen molar-refractivity contribution >= 4 is 21.8 Å². The van der Waals surface area contributed by atoms with Crippen LogP contribution in [0.3, 0.4) is 0 Å². The normalized spacial score (nSPS) is 16.1. The predicted molar refractivity (Wildman–Crippen MR) is 200 cm³/mol. The third kappa shape index (κ3) is 9.60. The van der Waals surface area contributed by atoms with Gasteiger partial charge in [0.2, 0.25) is 0 Å². The molecule has 12 nitrogen and oxygen atoms in total. The van der Waals surface area contributed by atoms with Crippen LogP contribution in [0.4, 0.5) is 23.7 Å². The molecule has 1 amide bonds. The van der Waals surface area contributed by atoms with Crippen LogP contribution < -0.4 is 11.0 Å². The molecular weight excluding hydrogens is 736 g/mol. The predicted octanol–water partition coefficient (Wildman–Crippen LogP) is 7.17. The molecule has 290 valence electrons. The lowest BCUT2D eigenvalue weighted by Crippen LogP contribution is -2.47. The molecule has 5 aromatic rings. The first-order valence-corrected chi connectivity index (χ1v) is 19.0. The second kappa shape index (κ2) is 16.5. The van der Waals surface area contributed by atoms with E-state index in [9.17, 15) is 35.7 Å². The van der Waals surface area contributed by atoms with Crippen LogP contribution in [0.25, 0.3) is 27.6 Å². The highest BCUT2D eigenvalue weighted by Crippen LogP contribution is 2.33. The van der Waals surface area contributed by atoms with E-state index < -0.39 is 33.6 Å². The Hall–Kier alpha value is -5.50. The molecule has 0 radical (unpaired) electrons. The number of nitrogens with one attached hydrogen (secondary N) is 1. The van der Waals surface area contributed by atoms with Crippen molar-refractivity contribution in [1.29, 1.82) is 0 Å². The number of rotatable bonds is 8. The Balaban J connectivity index is 0.000000504. The van der Waals surface area contributed by atoms with Crippen LogP contribution in [0.2, 0.25) is 0 Å². The average molecular weight is 778 g/mol. The topological polar surface area (TPSA) is 135 Å². The van der Waals surface area contributed by atoms with Crippen LogP contribution in [0, 0.1) is 19.4 Å². The first kappa shape index (κ1) is 40.7. The minimum Gasteiger partial charge on any atom is -0.744 e. The summed E-state index contributed by atoms with van der Waals surface area (Å²) in [5.41, 5.74) is 0.189. The van der Waals surface area contributed by atoms with Crippen molar-refractivity contribution in [2.24, 2.45) is 5.92 Å². The number of hydrogen-bond donors (Lipinski definition) is 1. The summed E-state index contributed by atoms with van der Waals surface area (Å²) in [7, 11) is 0.170. The fraction of sp³-hybridized carbons (Fsp3) is 0.333. The number of benzene rings is 3. The maximum absolute atomic E-state index is 14.0. The lowest BCUT2D eigenvalue weighted by molar-refractivity contribution is -0.892. The van der Waals surface area contributed by atoms with Gasteiger partial charge in [0.15, 0.2) is 5.69 Å². The van der Waals surface area contributed by atoms with Gasteiger partial charge in [0.05, 0.1) is 73.2 Å². The second-order valence-electron chi connectivity index (χ2n) is 14.1. The third-order valence-corrected chi connectivity index (χ3v) is 10.7. The summed E-state index contributed by atoms with van der Waals surface area (Å²) in [6.45, 7) is 13.1. The Kier molecular flexibility index (Phi) is 12.2. The molecule has 16 heteroatoms. The summed E-state index contributed by atoms with van der Waals surface area (Å²) in [5, 5.41) is 7.45. The number of alkyl halides is 3. The Morgan fingerprint density at radius 1 is 0.982 bits per heavy atom. The maximum atomic E-state index is 14.0. The molecular formula is C39H42F3N7O5S. The standard InChI is InChI=1S/C33H36F3N7O2.C6H6O3S/c1-6-43(4,5)21-23-10-12-26(13-11-23)39-31(44)41-30(29-18-19-38-42(29)27-16-14-25(37-3)15-17-27)22(2)40(32(41)45)28-9-7-8-24(20-28)33(34,35)36;7-10(8,9)6-4-2-1-3-5-6/h7-9,14-20,23,26H,6,10-13,21H2,1-2,4-5H3;1-5H,(H,7,8,9). The van der Waals surface area contributed by atoms with E-state index in [1.807, 2.05) is 0 Å². The summed E-state index contributed by atoms with van der Waals surface area (Å²) in [5.74, 6) is 0.541. The molecule has 0 spiro atoms. The van der Waals surface area contributed by atoms with Crippen molar-refractivity contribution < 1.29 is 35.4 Å². The number of halogens is 3. The second-order valence-corrected chi connectivity index (χ2v) is 15.4. The van der Waals surface area contributed by atoms with Gasteiger partial charge in [-0.15, -0.1) is 0 Å². The summed E-state index contributed by atoms with van der Waals surface area (Å²) in [6, 6.07) is 19.2. The Morgan fingerprint density at radius 3 is 2.20 bits per heavy atom. The lowest BCUT2D eigenvalue weighted by Gasteiger charge is -2.36. The smallest absolute Gasteiger partial charge is 0.416 e. The van der Waals surface area contributed by atoms with Gasteiger partial charge in [-0.3, -0.25) is 4.57 Å². The number of imidazole rings is 1. The van der Waals surface area contributed by atoms with Crippen molar-refractivity contribution in [3.63, 3.8) is 0 Å². The molecule has 6 rings (SSSR count). The highest BCUT2D eigenvalue weighted by molar-refractivity contribution is 7.85. The Labute approximate surface area is 317 Å². The Morgan fingerprint density at radius 2 is 1.64 bits per heavy atom. The zero-order valence-corrected chi connectivity index (χ0v) is 31.6. The van der Waals surface area contributed by atoms with Gasteiger partial charge in [-0.2, -0.15) is 18.3 Å². The number of amides is 1. The van der Waals surface area contributed by atoms with Gasteiger partial charge in [-0.1, -0.05) is 36.4 Å². The number of carbonyl (C=O) groups excluding carboxylic acids is 1. The van der Waals surface area contributed by atoms with E-state index in [0.29, 0.717) is 23.0 Å². The molecule has 1 saturated carbocycles. The quantitative estimate of drug-likeness (QED) is 0.101. The zero-order valence-electron chi connectivity index (χ0n) is 30.8. The van der Waals surface area contributed by atoms with E-state index >= 15 is 0 Å². The number of nitrogens with zero attached hydrogens (tertiary/aromatic N) is 6. The van der Waals surface area contributed by atoms with E-state index in [0.717, 1.165) is 64.5 Å². The van der Waals surface area contributed by atoms with Crippen molar-refractivity contribution in [3.05, 3.63) is 124 Å². The first-order valence-electron chi connectivity index (χ1n) is 17.6. The monoisotopic (exact) mass is 777 g/mol. The molecule has 1 aliphatic rings. The van der Waals surface area contributed by atoms with Gasteiger partial charge >= 0.3 is 17.9 Å². The molecule has 1 N–H and O–H groups in total. The molecule has 1 fully saturated rings. The molecule has 0 saturated heterocycles. The average Bonchev–Trinajstić information content (AvgIpc) is 3.73. The van der Waals surface area contributed by atoms with Crippen molar-refractivity contribution in [2.75, 3.05) is 27.2 Å². The van der Waals surface area contributed by atoms with E-state index in [2.05, 4.69) is 36.3 Å². The van der Waals surface area contributed by atoms with Crippen LogP contribution in [-0.4, -0.2) is 75.6 Å². The maximum Gasteiger partial charge on any atom is 0.416 e. The Bertz CT molecular complexity index is 2340. The highest BCUT2D eigenvalue weighted by Gasteiger charge is 2.33. The number of carbonyl (C=O) groups is 1. The van der Waals surface area contributed by atoms with Crippen molar-refractivity contribution in [1.82, 2.24) is 24.2 Å². The molecule has 2 aromatic heterocycles. The summed E-state index contributed by atoms with van der Waals surface area (Å²) in [4.78, 5) is 31.2. The molecule has 55 heavy (non-hydrogen) atoms. The van der Waals surface area contributed by atoms with Crippen LogP contribution in [0.5, 0.6) is 0 Å².